The molecule has 2 atom stereocenters. The molecule has 0 aromatic heterocycles. The van der Waals surface area contributed by atoms with Gasteiger partial charge in [0.1, 0.15) is 6.04 Å². The summed E-state index contributed by atoms with van der Waals surface area (Å²) in [4.78, 5) is 14.0. The summed E-state index contributed by atoms with van der Waals surface area (Å²) in [5, 5.41) is 3.24. The molecule has 0 spiro atoms. The highest BCUT2D eigenvalue weighted by atomic mass is 16.5. The average molecular weight is 258 g/mol. The summed E-state index contributed by atoms with van der Waals surface area (Å²) in [5.74, 6) is -0.164. The third kappa shape index (κ3) is 4.92. The van der Waals surface area contributed by atoms with Crippen molar-refractivity contribution in [1.29, 1.82) is 0 Å². The van der Waals surface area contributed by atoms with Crippen molar-refractivity contribution in [2.24, 2.45) is 0 Å². The van der Waals surface area contributed by atoms with E-state index in [9.17, 15) is 4.79 Å². The van der Waals surface area contributed by atoms with E-state index in [-0.39, 0.29) is 18.1 Å². The molecule has 1 aliphatic heterocycles. The fourth-order valence-corrected chi connectivity index (χ4v) is 2.10. The summed E-state index contributed by atoms with van der Waals surface area (Å²) in [6.45, 7) is 10.9. The molecule has 0 aromatic rings. The fraction of sp³-hybridized carbons (Fsp3) is 0.923. The van der Waals surface area contributed by atoms with Crippen LogP contribution < -0.4 is 5.32 Å². The van der Waals surface area contributed by atoms with E-state index in [4.69, 9.17) is 9.47 Å². The van der Waals surface area contributed by atoms with Gasteiger partial charge < -0.3 is 14.8 Å². The molecule has 18 heavy (non-hydrogen) atoms. The van der Waals surface area contributed by atoms with Crippen LogP contribution in [0, 0.1) is 0 Å². The number of carbonyl (C=O) groups excluding carboxylic acids is 1. The molecule has 0 radical (unpaired) electrons. The van der Waals surface area contributed by atoms with Crippen molar-refractivity contribution >= 4 is 5.97 Å². The minimum absolute atomic E-state index is 0.164. The van der Waals surface area contributed by atoms with Crippen LogP contribution in [0.1, 0.15) is 27.2 Å². The van der Waals surface area contributed by atoms with E-state index in [1.165, 1.54) is 0 Å². The Hall–Kier alpha value is -0.650. The highest BCUT2D eigenvalue weighted by Gasteiger charge is 2.22. The number of nitrogens with zero attached hydrogens (tertiary/aromatic N) is 1. The van der Waals surface area contributed by atoms with Crippen LogP contribution >= 0.6 is 0 Å². The summed E-state index contributed by atoms with van der Waals surface area (Å²) in [7, 11) is 0. The van der Waals surface area contributed by atoms with Crippen LogP contribution in [0.25, 0.3) is 0 Å². The summed E-state index contributed by atoms with van der Waals surface area (Å²) in [6.07, 6.45) is 0.908. The van der Waals surface area contributed by atoms with Crippen molar-refractivity contribution < 1.29 is 14.3 Å². The molecular weight excluding hydrogens is 232 g/mol. The van der Waals surface area contributed by atoms with Crippen LogP contribution in [0.4, 0.5) is 0 Å². The first-order chi connectivity index (χ1) is 8.71. The molecular formula is C13H26N2O3. The van der Waals surface area contributed by atoms with Crippen molar-refractivity contribution in [2.75, 3.05) is 39.4 Å². The van der Waals surface area contributed by atoms with Crippen molar-refractivity contribution in [3.8, 4) is 0 Å². The molecule has 1 heterocycles. The largest absolute Gasteiger partial charge is 0.465 e. The second-order valence-electron chi connectivity index (χ2n) is 4.51. The summed E-state index contributed by atoms with van der Waals surface area (Å²) >= 11 is 0. The van der Waals surface area contributed by atoms with Gasteiger partial charge in [-0.3, -0.25) is 9.69 Å². The molecule has 1 aliphatic rings. The highest BCUT2D eigenvalue weighted by molar-refractivity contribution is 5.75. The van der Waals surface area contributed by atoms with Crippen LogP contribution in [0.15, 0.2) is 0 Å². The lowest BCUT2D eigenvalue weighted by Crippen LogP contribution is -2.49. The predicted octanol–water partition coefficient (Wildman–Crippen LogP) is 0.638. The Balaban J connectivity index is 2.31. The van der Waals surface area contributed by atoms with Gasteiger partial charge in [0.15, 0.2) is 0 Å². The topological polar surface area (TPSA) is 50.8 Å². The highest BCUT2D eigenvalue weighted by Crippen LogP contribution is 2.05. The number of hydrogen-bond donors (Lipinski definition) is 1. The number of likely N-dealkylation sites (N-methyl/N-ethyl adjacent to an activating group) is 1. The molecule has 106 valence electrons. The number of rotatable bonds is 7. The summed E-state index contributed by atoms with van der Waals surface area (Å²) in [6, 6.07) is -0.217. The Morgan fingerprint density at radius 1 is 1.50 bits per heavy atom. The lowest BCUT2D eigenvalue weighted by atomic mass is 10.2. The number of hydrogen-bond acceptors (Lipinski definition) is 5. The number of esters is 1. The third-order valence-corrected chi connectivity index (χ3v) is 3.24. The van der Waals surface area contributed by atoms with Crippen LogP contribution in [0.2, 0.25) is 0 Å². The Kier molecular flexibility index (Phi) is 7.23. The van der Waals surface area contributed by atoms with Gasteiger partial charge in [0.05, 0.1) is 19.3 Å². The van der Waals surface area contributed by atoms with E-state index in [1.54, 1.807) is 0 Å². The maximum atomic E-state index is 11.6. The second-order valence-corrected chi connectivity index (χ2v) is 4.51. The Morgan fingerprint density at radius 2 is 2.28 bits per heavy atom. The van der Waals surface area contributed by atoms with Gasteiger partial charge in [0.25, 0.3) is 0 Å². The number of morpholine rings is 1. The van der Waals surface area contributed by atoms with E-state index < -0.39 is 0 Å². The molecule has 5 nitrogen and oxygen atoms in total. The van der Waals surface area contributed by atoms with E-state index in [0.717, 1.165) is 32.7 Å². The number of carbonyl (C=O) groups is 1. The SMILES string of the molecule is CCOC(=O)C(CC)NCC1CN(CC)CCO1. The van der Waals surface area contributed by atoms with Crippen LogP contribution in [-0.4, -0.2) is 62.4 Å². The maximum Gasteiger partial charge on any atom is 0.323 e. The van der Waals surface area contributed by atoms with Crippen molar-refractivity contribution in [3.05, 3.63) is 0 Å². The molecule has 1 saturated heterocycles. The minimum Gasteiger partial charge on any atom is -0.465 e. The van der Waals surface area contributed by atoms with Gasteiger partial charge in [0, 0.05) is 19.6 Å². The first-order valence-electron chi connectivity index (χ1n) is 6.95. The normalized spacial score (nSPS) is 22.7. The van der Waals surface area contributed by atoms with Gasteiger partial charge in [-0.1, -0.05) is 13.8 Å². The smallest absolute Gasteiger partial charge is 0.323 e. The number of nitrogens with one attached hydrogen (secondary N) is 1. The van der Waals surface area contributed by atoms with Gasteiger partial charge in [0.2, 0.25) is 0 Å². The second kappa shape index (κ2) is 8.45. The molecule has 0 amide bonds. The van der Waals surface area contributed by atoms with E-state index >= 15 is 0 Å². The summed E-state index contributed by atoms with van der Waals surface area (Å²) < 4.78 is 10.7. The standard InChI is InChI=1S/C13H26N2O3/c1-4-12(13(16)17-6-3)14-9-11-10-15(5-2)7-8-18-11/h11-12,14H,4-10H2,1-3H3. The molecule has 0 aliphatic carbocycles. The van der Waals surface area contributed by atoms with Crippen LogP contribution in [0.3, 0.4) is 0 Å². The molecule has 0 aromatic carbocycles. The summed E-state index contributed by atoms with van der Waals surface area (Å²) in [5.41, 5.74) is 0. The molecule has 1 N–H and O–H groups in total. The zero-order valence-electron chi connectivity index (χ0n) is 11.8. The van der Waals surface area contributed by atoms with Gasteiger partial charge in [-0.2, -0.15) is 0 Å². The van der Waals surface area contributed by atoms with Crippen molar-refractivity contribution in [2.45, 2.75) is 39.3 Å². The molecule has 2 unspecified atom stereocenters. The zero-order valence-corrected chi connectivity index (χ0v) is 11.8. The molecule has 5 heteroatoms. The average Bonchev–Trinajstić information content (AvgIpc) is 2.40. The van der Waals surface area contributed by atoms with Crippen LogP contribution in [-0.2, 0) is 14.3 Å². The Bertz CT molecular complexity index is 248. The Labute approximate surface area is 110 Å². The molecule has 1 fully saturated rings. The lowest BCUT2D eigenvalue weighted by molar-refractivity contribution is -0.146. The van der Waals surface area contributed by atoms with E-state index in [0.29, 0.717) is 13.2 Å². The van der Waals surface area contributed by atoms with Gasteiger partial charge in [-0.15, -0.1) is 0 Å². The zero-order chi connectivity index (χ0) is 13.4. The first-order valence-corrected chi connectivity index (χ1v) is 6.95. The third-order valence-electron chi connectivity index (χ3n) is 3.24. The lowest BCUT2D eigenvalue weighted by Gasteiger charge is -2.32. The quantitative estimate of drug-likeness (QED) is 0.679. The van der Waals surface area contributed by atoms with Gasteiger partial charge in [-0.25, -0.2) is 0 Å². The predicted molar refractivity (Wildman–Crippen MR) is 70.6 cm³/mol. The van der Waals surface area contributed by atoms with Gasteiger partial charge in [-0.05, 0) is 19.9 Å². The Morgan fingerprint density at radius 3 is 2.89 bits per heavy atom. The fourth-order valence-electron chi connectivity index (χ4n) is 2.10. The first kappa shape index (κ1) is 15.4. The van der Waals surface area contributed by atoms with E-state index in [2.05, 4.69) is 17.1 Å². The van der Waals surface area contributed by atoms with Gasteiger partial charge >= 0.3 is 5.97 Å². The van der Waals surface area contributed by atoms with Crippen molar-refractivity contribution in [1.82, 2.24) is 10.2 Å². The van der Waals surface area contributed by atoms with Crippen molar-refractivity contribution in [3.63, 3.8) is 0 Å². The number of ether oxygens (including phenoxy) is 2. The minimum atomic E-state index is -0.217. The monoisotopic (exact) mass is 258 g/mol. The molecule has 0 saturated carbocycles. The van der Waals surface area contributed by atoms with Crippen LogP contribution in [0.5, 0.6) is 0 Å². The molecule has 1 rings (SSSR count). The van der Waals surface area contributed by atoms with E-state index in [1.807, 2.05) is 13.8 Å². The molecule has 0 bridgehead atoms. The maximum absolute atomic E-state index is 11.6.